The maximum absolute atomic E-state index is 9.00. The van der Waals surface area contributed by atoms with Crippen LogP contribution in [0.4, 0.5) is 11.5 Å². The number of aromatic nitrogens is 3. The molecule has 0 spiro atoms. The summed E-state index contributed by atoms with van der Waals surface area (Å²) in [6, 6.07) is 1.89. The Labute approximate surface area is 236 Å². The lowest BCUT2D eigenvalue weighted by atomic mass is 9.96. The summed E-state index contributed by atoms with van der Waals surface area (Å²) in [5, 5.41) is 16.2. The van der Waals surface area contributed by atoms with Gasteiger partial charge in [0, 0.05) is 71.8 Å². The fourth-order valence-electron chi connectivity index (χ4n) is 4.32. The molecule has 39 heavy (non-hydrogen) atoms. The van der Waals surface area contributed by atoms with Gasteiger partial charge in [-0.05, 0) is 18.8 Å². The zero-order chi connectivity index (χ0) is 28.8. The minimum Gasteiger partial charge on any atom is -0.481 e. The van der Waals surface area contributed by atoms with Gasteiger partial charge >= 0.3 is 0 Å². The van der Waals surface area contributed by atoms with E-state index in [0.29, 0.717) is 35.2 Å². The molecule has 2 aromatic rings. The molecule has 2 unspecified atom stereocenters. The lowest BCUT2D eigenvalue weighted by Crippen LogP contribution is -2.44. The predicted molar refractivity (Wildman–Crippen MR) is 151 cm³/mol. The molecule has 0 radical (unpaired) electrons. The van der Waals surface area contributed by atoms with Crippen molar-refractivity contribution in [1.82, 2.24) is 15.0 Å². The fraction of sp³-hybridized carbons (Fsp3) is 0.630. The number of halogens is 1. The Morgan fingerprint density at radius 3 is 2.26 bits per heavy atom. The molecule has 2 aromatic heterocycles. The topological polar surface area (TPSA) is 130 Å². The van der Waals surface area contributed by atoms with E-state index >= 15 is 0 Å². The highest BCUT2D eigenvalue weighted by molar-refractivity contribution is 6.33. The molecule has 0 bridgehead atoms. The first-order valence-electron chi connectivity index (χ1n) is 13.2. The third-order valence-corrected chi connectivity index (χ3v) is 6.62. The summed E-state index contributed by atoms with van der Waals surface area (Å²) >= 11 is 6.36. The summed E-state index contributed by atoms with van der Waals surface area (Å²) in [7, 11) is 3.23. The highest BCUT2D eigenvalue weighted by Gasteiger charge is 2.29. The number of hydrogen-bond donors (Lipinski definition) is 2. The van der Waals surface area contributed by atoms with Crippen LogP contribution in [0, 0.1) is 11.8 Å². The van der Waals surface area contributed by atoms with Crippen LogP contribution in [-0.4, -0.2) is 90.9 Å². The van der Waals surface area contributed by atoms with Gasteiger partial charge in [0.25, 0.3) is 5.97 Å². The second kappa shape index (κ2) is 16.9. The van der Waals surface area contributed by atoms with Crippen molar-refractivity contribution in [3.05, 3.63) is 29.7 Å². The number of hydrogen-bond acceptors (Lipinski definition) is 10. The third-order valence-electron chi connectivity index (χ3n) is 6.33. The van der Waals surface area contributed by atoms with Crippen LogP contribution in [0.5, 0.6) is 11.8 Å². The monoisotopic (exact) mass is 567 g/mol. The van der Waals surface area contributed by atoms with E-state index in [1.165, 1.54) is 6.42 Å². The number of carboxylic acids is 1. The number of piperidine rings is 1. The molecule has 0 saturated carbocycles. The molecule has 2 N–H and O–H groups in total. The minimum absolute atomic E-state index is 0.0979. The van der Waals surface area contributed by atoms with Crippen LogP contribution in [0.3, 0.4) is 0 Å². The minimum atomic E-state index is -0.833. The molecule has 4 rings (SSSR count). The summed E-state index contributed by atoms with van der Waals surface area (Å²) in [4.78, 5) is 26.8. The Hall–Kier alpha value is -2.89. The lowest BCUT2D eigenvalue weighted by molar-refractivity contribution is -0.134. The quantitative estimate of drug-likeness (QED) is 0.452. The summed E-state index contributed by atoms with van der Waals surface area (Å²) in [6.45, 7) is 10.2. The first kappa shape index (κ1) is 32.3. The highest BCUT2D eigenvalue weighted by Crippen LogP contribution is 2.32. The van der Waals surface area contributed by atoms with Gasteiger partial charge in [-0.1, -0.05) is 25.4 Å². The summed E-state index contributed by atoms with van der Waals surface area (Å²) < 4.78 is 16.0. The zero-order valence-corrected chi connectivity index (χ0v) is 24.3. The molecule has 0 aliphatic carbocycles. The van der Waals surface area contributed by atoms with Gasteiger partial charge in [-0.3, -0.25) is 4.79 Å². The average Bonchev–Trinajstić information content (AvgIpc) is 3.35. The number of methoxy groups -OCH3 is 2. The Morgan fingerprint density at radius 2 is 1.74 bits per heavy atom. The van der Waals surface area contributed by atoms with Crippen LogP contribution >= 0.6 is 11.6 Å². The van der Waals surface area contributed by atoms with E-state index in [1.807, 2.05) is 12.3 Å². The van der Waals surface area contributed by atoms with Gasteiger partial charge in [-0.25, -0.2) is 15.0 Å². The van der Waals surface area contributed by atoms with Crippen molar-refractivity contribution in [3.63, 3.8) is 0 Å². The molecule has 12 heteroatoms. The molecule has 2 saturated heterocycles. The number of aliphatic carboxylic acids is 1. The normalized spacial score (nSPS) is 20.3. The average molecular weight is 568 g/mol. The predicted octanol–water partition coefficient (Wildman–Crippen LogP) is 3.78. The van der Waals surface area contributed by atoms with Crippen molar-refractivity contribution in [2.75, 3.05) is 63.4 Å². The molecule has 2 aliphatic heterocycles. The van der Waals surface area contributed by atoms with Crippen molar-refractivity contribution in [1.29, 1.82) is 0 Å². The Morgan fingerprint density at radius 1 is 1.05 bits per heavy atom. The second-order valence-electron chi connectivity index (χ2n) is 9.69. The number of pyridine rings is 1. The fourth-order valence-corrected chi connectivity index (χ4v) is 4.55. The van der Waals surface area contributed by atoms with E-state index in [-0.39, 0.29) is 12.7 Å². The van der Waals surface area contributed by atoms with Gasteiger partial charge in [-0.2, -0.15) is 0 Å². The van der Waals surface area contributed by atoms with E-state index in [4.69, 9.17) is 36.1 Å². The standard InChI is InChI=1S/C21H28ClN5O2.C4H10O2.C2H4O2/c1-14-4-6-27(12-14)19-10-25-21(11-23-19)29-18-5-7-26(13-15(18)2)17-8-20(28-3)24-9-16(17)22;1-6-4-2-3-5;1-2(3)4/h8-11,14-15,18H,4-7,12-13H2,1-3H3;5H,2-4H2,1H3;1H3,(H,3,4)/t14?,15?,18-;;/m1../s1. The third kappa shape index (κ3) is 11.0. The number of rotatable bonds is 8. The van der Waals surface area contributed by atoms with Gasteiger partial charge in [0.2, 0.25) is 11.8 Å². The largest absolute Gasteiger partial charge is 0.481 e. The van der Waals surface area contributed by atoms with Crippen molar-refractivity contribution in [3.8, 4) is 11.8 Å². The number of aliphatic hydroxyl groups is 1. The van der Waals surface area contributed by atoms with E-state index in [0.717, 1.165) is 57.4 Å². The maximum atomic E-state index is 9.00. The van der Waals surface area contributed by atoms with E-state index < -0.39 is 5.97 Å². The summed E-state index contributed by atoms with van der Waals surface area (Å²) in [5.41, 5.74) is 0.952. The van der Waals surface area contributed by atoms with Crippen LogP contribution < -0.4 is 19.3 Å². The van der Waals surface area contributed by atoms with Crippen molar-refractivity contribution in [2.24, 2.45) is 11.8 Å². The van der Waals surface area contributed by atoms with Crippen molar-refractivity contribution >= 4 is 29.1 Å². The van der Waals surface area contributed by atoms with E-state index in [9.17, 15) is 0 Å². The van der Waals surface area contributed by atoms with E-state index in [1.54, 1.807) is 26.6 Å². The van der Waals surface area contributed by atoms with Crippen LogP contribution in [0.2, 0.25) is 5.02 Å². The summed E-state index contributed by atoms with van der Waals surface area (Å²) in [5.74, 6) is 2.30. The highest BCUT2D eigenvalue weighted by atomic mass is 35.5. The van der Waals surface area contributed by atoms with Gasteiger partial charge in [0.1, 0.15) is 11.9 Å². The number of carbonyl (C=O) groups is 1. The molecule has 2 aliphatic rings. The SMILES string of the molecule is CC(=O)O.COCCCO.COc1cc(N2CC[C@@H](Oc3cnc(N4CCC(C)C4)cn3)C(C)C2)c(Cl)cn1. The van der Waals surface area contributed by atoms with Crippen LogP contribution in [-0.2, 0) is 9.53 Å². The maximum Gasteiger partial charge on any atom is 0.300 e. The van der Waals surface area contributed by atoms with Gasteiger partial charge in [0.05, 0.1) is 36.4 Å². The Balaban J connectivity index is 0.000000458. The first-order valence-corrected chi connectivity index (χ1v) is 13.5. The van der Waals surface area contributed by atoms with Crippen LogP contribution in [0.1, 0.15) is 40.0 Å². The molecule has 3 atom stereocenters. The molecule has 4 heterocycles. The number of carboxylic acid groups (broad SMARTS) is 1. The number of anilines is 2. The number of ether oxygens (including phenoxy) is 3. The van der Waals surface area contributed by atoms with Crippen LogP contribution in [0.25, 0.3) is 0 Å². The lowest BCUT2D eigenvalue weighted by Gasteiger charge is -2.38. The Kier molecular flexibility index (Phi) is 14.0. The molecule has 0 aromatic carbocycles. The molecular weight excluding hydrogens is 526 g/mol. The summed E-state index contributed by atoms with van der Waals surface area (Å²) in [6.07, 6.45) is 8.16. The van der Waals surface area contributed by atoms with Crippen LogP contribution in [0.15, 0.2) is 24.7 Å². The van der Waals surface area contributed by atoms with Gasteiger partial charge < -0.3 is 34.2 Å². The van der Waals surface area contributed by atoms with E-state index in [2.05, 4.69) is 43.3 Å². The number of aliphatic hydroxyl groups excluding tert-OH is 1. The molecule has 2 fully saturated rings. The van der Waals surface area contributed by atoms with Gasteiger partial charge in [-0.15, -0.1) is 0 Å². The van der Waals surface area contributed by atoms with Gasteiger partial charge in [0.15, 0.2) is 0 Å². The van der Waals surface area contributed by atoms with Crippen molar-refractivity contribution < 1.29 is 29.2 Å². The smallest absolute Gasteiger partial charge is 0.300 e. The molecule has 11 nitrogen and oxygen atoms in total. The van der Waals surface area contributed by atoms with Crippen molar-refractivity contribution in [2.45, 2.75) is 46.1 Å². The molecule has 218 valence electrons. The number of nitrogens with zero attached hydrogens (tertiary/aromatic N) is 5. The first-order chi connectivity index (χ1) is 18.7. The Bertz CT molecular complexity index is 991. The molecule has 0 amide bonds. The molecular formula is C27H42ClN5O6. The second-order valence-corrected chi connectivity index (χ2v) is 10.1. The zero-order valence-electron chi connectivity index (χ0n) is 23.5.